The fourth-order valence-corrected chi connectivity index (χ4v) is 1.90. The molecular weight excluding hydrogens is 384 g/mol. The first-order valence-electron chi connectivity index (χ1n) is 8.07. The molecule has 0 heterocycles. The summed E-state index contributed by atoms with van der Waals surface area (Å²) in [5.74, 6) is -4.97. The van der Waals surface area contributed by atoms with Crippen molar-refractivity contribution in [3.05, 3.63) is 0 Å². The van der Waals surface area contributed by atoms with Crippen molar-refractivity contribution in [2.24, 2.45) is 0 Å². The molecule has 0 aliphatic heterocycles. The van der Waals surface area contributed by atoms with Crippen molar-refractivity contribution in [1.29, 1.82) is 0 Å². The number of rotatable bonds is 16. The third kappa shape index (κ3) is 15.5. The minimum atomic E-state index is -1.18. The lowest BCUT2D eigenvalue weighted by Crippen LogP contribution is -2.39. The van der Waals surface area contributed by atoms with Crippen LogP contribution in [0.4, 0.5) is 0 Å². The normalized spacial score (nSPS) is 10.7. The Labute approximate surface area is 160 Å². The van der Waals surface area contributed by atoms with Crippen molar-refractivity contribution < 1.29 is 53.5 Å². The van der Waals surface area contributed by atoms with Crippen LogP contribution in [-0.4, -0.2) is 114 Å². The summed E-state index contributed by atoms with van der Waals surface area (Å²) in [4.78, 5) is 56.8. The van der Waals surface area contributed by atoms with Gasteiger partial charge < -0.3 is 29.5 Å². The molecule has 0 unspecified atom stereocenters. The Morgan fingerprint density at radius 3 is 1.54 bits per heavy atom. The van der Waals surface area contributed by atoms with Gasteiger partial charge in [-0.1, -0.05) is 0 Å². The van der Waals surface area contributed by atoms with Crippen molar-refractivity contribution in [3.63, 3.8) is 0 Å². The highest BCUT2D eigenvalue weighted by atomic mass is 16.7. The SMILES string of the molecule is CC(=O)OCOC(=O)CN(CCOCCN(CC(=O)O)CC(=O)O)CC(=O)O. The van der Waals surface area contributed by atoms with Crippen LogP contribution in [0, 0.1) is 0 Å². The van der Waals surface area contributed by atoms with Crippen LogP contribution in [0.5, 0.6) is 0 Å². The third-order valence-electron chi connectivity index (χ3n) is 3.02. The number of carbonyl (C=O) groups excluding carboxylic acids is 2. The molecule has 3 N–H and O–H groups in total. The first-order chi connectivity index (χ1) is 13.1. The standard InChI is InChI=1S/C15H24N2O11/c1-11(18)27-10-28-15(25)9-17(8-14(23)24)3-5-26-4-2-16(6-12(19)20)7-13(21)22/h2-10H2,1H3,(H,19,20)(H,21,22)(H,23,24). The second-order valence-electron chi connectivity index (χ2n) is 5.49. The highest BCUT2D eigenvalue weighted by Gasteiger charge is 2.16. The van der Waals surface area contributed by atoms with Gasteiger partial charge in [-0.15, -0.1) is 0 Å². The van der Waals surface area contributed by atoms with Gasteiger partial charge in [0, 0.05) is 20.0 Å². The molecule has 0 saturated carbocycles. The largest absolute Gasteiger partial charge is 0.480 e. The van der Waals surface area contributed by atoms with E-state index in [9.17, 15) is 24.0 Å². The van der Waals surface area contributed by atoms with Gasteiger partial charge in [0.1, 0.15) is 0 Å². The zero-order valence-corrected chi connectivity index (χ0v) is 15.4. The highest BCUT2D eigenvalue weighted by molar-refractivity contribution is 5.74. The van der Waals surface area contributed by atoms with Crippen LogP contribution in [-0.2, 0) is 38.2 Å². The van der Waals surface area contributed by atoms with E-state index < -0.39 is 56.3 Å². The number of esters is 2. The number of carbonyl (C=O) groups is 5. The second kappa shape index (κ2) is 14.3. The number of aliphatic carboxylic acids is 3. The molecule has 0 bridgehead atoms. The predicted octanol–water partition coefficient (Wildman–Crippen LogP) is -2.08. The molecule has 0 aromatic rings. The van der Waals surface area contributed by atoms with E-state index in [0.29, 0.717) is 0 Å². The molecule has 0 spiro atoms. The summed E-state index contributed by atoms with van der Waals surface area (Å²) in [6.45, 7) is -1.09. The zero-order valence-electron chi connectivity index (χ0n) is 15.4. The van der Waals surface area contributed by atoms with Crippen molar-refractivity contribution in [3.8, 4) is 0 Å². The van der Waals surface area contributed by atoms with Gasteiger partial charge in [-0.3, -0.25) is 33.8 Å². The maximum Gasteiger partial charge on any atom is 0.323 e. The molecule has 0 fully saturated rings. The first kappa shape index (κ1) is 25.2. The average molecular weight is 408 g/mol. The maximum atomic E-state index is 11.6. The van der Waals surface area contributed by atoms with Gasteiger partial charge in [0.05, 0.1) is 39.4 Å². The van der Waals surface area contributed by atoms with E-state index in [1.165, 1.54) is 4.90 Å². The van der Waals surface area contributed by atoms with E-state index in [0.717, 1.165) is 11.8 Å². The van der Waals surface area contributed by atoms with Crippen molar-refractivity contribution in [2.45, 2.75) is 6.92 Å². The molecule has 0 aliphatic carbocycles. The summed E-state index contributed by atoms with van der Waals surface area (Å²) in [6.07, 6.45) is 0. The third-order valence-corrected chi connectivity index (χ3v) is 3.02. The Morgan fingerprint density at radius 2 is 1.14 bits per heavy atom. The fourth-order valence-electron chi connectivity index (χ4n) is 1.90. The van der Waals surface area contributed by atoms with Gasteiger partial charge in [-0.25, -0.2) is 0 Å². The van der Waals surface area contributed by atoms with Gasteiger partial charge in [0.2, 0.25) is 6.79 Å². The van der Waals surface area contributed by atoms with E-state index in [4.69, 9.17) is 20.1 Å². The van der Waals surface area contributed by atoms with Crippen LogP contribution in [0.15, 0.2) is 0 Å². The molecule has 0 aromatic carbocycles. The second-order valence-corrected chi connectivity index (χ2v) is 5.49. The molecule has 0 aromatic heterocycles. The van der Waals surface area contributed by atoms with E-state index in [1.807, 2.05) is 0 Å². The van der Waals surface area contributed by atoms with Gasteiger partial charge >= 0.3 is 29.8 Å². The molecule has 28 heavy (non-hydrogen) atoms. The lowest BCUT2D eigenvalue weighted by atomic mass is 10.4. The summed E-state index contributed by atoms with van der Waals surface area (Å²) >= 11 is 0. The summed E-state index contributed by atoms with van der Waals surface area (Å²) < 4.78 is 14.3. The molecule has 160 valence electrons. The minimum absolute atomic E-state index is 0.0123. The van der Waals surface area contributed by atoms with E-state index in [1.54, 1.807) is 0 Å². The average Bonchev–Trinajstić information content (AvgIpc) is 2.52. The van der Waals surface area contributed by atoms with Crippen LogP contribution in [0.2, 0.25) is 0 Å². The Kier molecular flexibility index (Phi) is 12.9. The van der Waals surface area contributed by atoms with Gasteiger partial charge in [0.15, 0.2) is 0 Å². The molecule has 13 heteroatoms. The van der Waals surface area contributed by atoms with Crippen molar-refractivity contribution in [1.82, 2.24) is 9.80 Å². The lowest BCUT2D eigenvalue weighted by molar-refractivity contribution is -0.166. The Morgan fingerprint density at radius 1 is 0.714 bits per heavy atom. The lowest BCUT2D eigenvalue weighted by Gasteiger charge is -2.20. The molecule has 0 atom stereocenters. The summed E-state index contributed by atoms with van der Waals surface area (Å²) in [6, 6.07) is 0. The molecule has 0 amide bonds. The van der Waals surface area contributed by atoms with Crippen LogP contribution in [0.3, 0.4) is 0 Å². The topological polar surface area (TPSA) is 180 Å². The van der Waals surface area contributed by atoms with Crippen LogP contribution in [0.1, 0.15) is 6.92 Å². The van der Waals surface area contributed by atoms with Crippen molar-refractivity contribution in [2.75, 3.05) is 59.3 Å². The Balaban J connectivity index is 4.27. The summed E-state index contributed by atoms with van der Waals surface area (Å²) in [7, 11) is 0. The number of carboxylic acid groups (broad SMARTS) is 3. The molecule has 0 aliphatic rings. The highest BCUT2D eigenvalue weighted by Crippen LogP contribution is 1.94. The number of hydrogen-bond donors (Lipinski definition) is 3. The Hall–Kier alpha value is -2.77. The monoisotopic (exact) mass is 408 g/mol. The zero-order chi connectivity index (χ0) is 21.5. The molecular formula is C15H24N2O11. The maximum absolute atomic E-state index is 11.6. The van der Waals surface area contributed by atoms with Crippen LogP contribution >= 0.6 is 0 Å². The van der Waals surface area contributed by atoms with E-state index >= 15 is 0 Å². The number of hydrogen-bond acceptors (Lipinski definition) is 10. The predicted molar refractivity (Wildman–Crippen MR) is 89.3 cm³/mol. The van der Waals surface area contributed by atoms with E-state index in [2.05, 4.69) is 9.47 Å². The number of ether oxygens (including phenoxy) is 3. The summed E-state index contributed by atoms with van der Waals surface area (Å²) in [5.41, 5.74) is 0. The first-order valence-corrected chi connectivity index (χ1v) is 8.07. The molecule has 13 nitrogen and oxygen atoms in total. The van der Waals surface area contributed by atoms with Crippen LogP contribution < -0.4 is 0 Å². The van der Waals surface area contributed by atoms with Gasteiger partial charge in [0.25, 0.3) is 0 Å². The number of carboxylic acids is 3. The minimum Gasteiger partial charge on any atom is -0.480 e. The van der Waals surface area contributed by atoms with E-state index in [-0.39, 0.29) is 32.8 Å². The quantitative estimate of drug-likeness (QED) is 0.144. The fraction of sp³-hybridized carbons (Fsp3) is 0.667. The van der Waals surface area contributed by atoms with Crippen LogP contribution in [0.25, 0.3) is 0 Å². The summed E-state index contributed by atoms with van der Waals surface area (Å²) in [5, 5.41) is 26.3. The Bertz CT molecular complexity index is 536. The van der Waals surface area contributed by atoms with Gasteiger partial charge in [-0.2, -0.15) is 0 Å². The van der Waals surface area contributed by atoms with Crippen molar-refractivity contribution >= 4 is 29.8 Å². The smallest absolute Gasteiger partial charge is 0.323 e. The molecule has 0 saturated heterocycles. The molecule has 0 rings (SSSR count). The number of nitrogens with zero attached hydrogens (tertiary/aromatic N) is 2. The van der Waals surface area contributed by atoms with Gasteiger partial charge in [-0.05, 0) is 0 Å². The molecule has 0 radical (unpaired) electrons.